The molecular formula is C22H26N2O3. The van der Waals surface area contributed by atoms with Crippen molar-refractivity contribution < 1.29 is 13.9 Å². The molecule has 0 radical (unpaired) electrons. The van der Waals surface area contributed by atoms with Crippen LogP contribution in [-0.2, 0) is 0 Å². The third-order valence-corrected chi connectivity index (χ3v) is 6.83. The van der Waals surface area contributed by atoms with Gasteiger partial charge in [0.25, 0.3) is 5.91 Å². The minimum absolute atomic E-state index is 0.0478. The van der Waals surface area contributed by atoms with Gasteiger partial charge in [-0.2, -0.15) is 0 Å². The number of rotatable bonds is 3. The number of fused-ring (bicyclic) bond motifs is 2. The first-order chi connectivity index (χ1) is 13.2. The zero-order valence-corrected chi connectivity index (χ0v) is 15.9. The van der Waals surface area contributed by atoms with Crippen LogP contribution in [0.3, 0.4) is 0 Å². The second-order valence-electron chi connectivity index (χ2n) is 8.13. The van der Waals surface area contributed by atoms with Crippen molar-refractivity contribution in [2.24, 2.45) is 5.92 Å². The van der Waals surface area contributed by atoms with Crippen molar-refractivity contribution in [2.75, 3.05) is 26.7 Å². The Morgan fingerprint density at radius 3 is 2.70 bits per heavy atom. The summed E-state index contributed by atoms with van der Waals surface area (Å²) in [5.74, 6) is 2.33. The predicted molar refractivity (Wildman–Crippen MR) is 102 cm³/mol. The fourth-order valence-electron chi connectivity index (χ4n) is 5.54. The molecule has 0 aliphatic carbocycles. The molecule has 3 atom stereocenters. The zero-order valence-electron chi connectivity index (χ0n) is 15.9. The van der Waals surface area contributed by atoms with Crippen LogP contribution in [0.1, 0.15) is 40.4 Å². The predicted octanol–water partition coefficient (Wildman–Crippen LogP) is 3.30. The minimum Gasteiger partial charge on any atom is -0.497 e. The number of carbonyl (C=O) groups is 1. The molecule has 6 rings (SSSR count). The van der Waals surface area contributed by atoms with Crippen molar-refractivity contribution in [1.29, 1.82) is 0 Å². The molecule has 0 spiro atoms. The van der Waals surface area contributed by atoms with Crippen LogP contribution in [0.15, 0.2) is 41.0 Å². The molecule has 5 heterocycles. The van der Waals surface area contributed by atoms with Crippen LogP contribution in [0.4, 0.5) is 0 Å². The van der Waals surface area contributed by atoms with E-state index in [4.69, 9.17) is 9.15 Å². The Morgan fingerprint density at radius 2 is 2.00 bits per heavy atom. The molecule has 4 fully saturated rings. The lowest BCUT2D eigenvalue weighted by molar-refractivity contribution is -0.00432. The summed E-state index contributed by atoms with van der Waals surface area (Å²) in [5, 5.41) is 0. The number of hydrogen-bond donors (Lipinski definition) is 0. The molecule has 0 saturated carbocycles. The molecular weight excluding hydrogens is 340 g/mol. The number of aryl methyl sites for hydroxylation is 1. The number of piperidine rings is 3. The van der Waals surface area contributed by atoms with Crippen molar-refractivity contribution in [1.82, 2.24) is 9.80 Å². The summed E-state index contributed by atoms with van der Waals surface area (Å²) < 4.78 is 11.0. The van der Waals surface area contributed by atoms with Gasteiger partial charge in [0.05, 0.1) is 19.4 Å². The Kier molecular flexibility index (Phi) is 4.01. The molecule has 2 aromatic rings. The summed E-state index contributed by atoms with van der Waals surface area (Å²) in [5.41, 5.74) is 2.19. The molecule has 4 aliphatic rings. The average molecular weight is 366 g/mol. The van der Waals surface area contributed by atoms with Gasteiger partial charge in [-0.05, 0) is 62.5 Å². The molecule has 27 heavy (non-hydrogen) atoms. The van der Waals surface area contributed by atoms with E-state index in [0.29, 0.717) is 23.6 Å². The summed E-state index contributed by atoms with van der Waals surface area (Å²) in [6.07, 6.45) is 3.99. The van der Waals surface area contributed by atoms with Crippen LogP contribution in [-0.4, -0.2) is 54.5 Å². The first-order valence-electron chi connectivity index (χ1n) is 9.90. The van der Waals surface area contributed by atoms with Gasteiger partial charge in [0.15, 0.2) is 5.76 Å². The second-order valence-corrected chi connectivity index (χ2v) is 8.13. The maximum atomic E-state index is 13.3. The molecule has 1 aromatic heterocycles. The Bertz CT molecular complexity index is 853. The van der Waals surface area contributed by atoms with E-state index >= 15 is 0 Å². The van der Waals surface area contributed by atoms with Crippen LogP contribution in [0.2, 0.25) is 0 Å². The van der Waals surface area contributed by atoms with Gasteiger partial charge in [-0.15, -0.1) is 0 Å². The standard InChI is InChI=1S/C22H26N2O3/c1-14-8-11-27-21(14)22(25)24-13-18(16-4-3-5-17(12-16)26-2)20-19(24)15-6-9-23(20)10-7-15/h3-5,8,11-12,15,18-20H,6-7,9-10,13H2,1-2H3/t18-,19+,20+/m0/s1. The topological polar surface area (TPSA) is 45.9 Å². The van der Waals surface area contributed by atoms with E-state index in [1.54, 1.807) is 13.4 Å². The highest BCUT2D eigenvalue weighted by molar-refractivity contribution is 5.93. The maximum absolute atomic E-state index is 13.3. The maximum Gasteiger partial charge on any atom is 0.290 e. The van der Waals surface area contributed by atoms with Gasteiger partial charge >= 0.3 is 0 Å². The normalized spacial score (nSPS) is 31.8. The Morgan fingerprint density at radius 1 is 1.19 bits per heavy atom. The second kappa shape index (κ2) is 6.41. The fraction of sp³-hybridized carbons (Fsp3) is 0.500. The quantitative estimate of drug-likeness (QED) is 0.836. The van der Waals surface area contributed by atoms with Crippen molar-refractivity contribution in [3.8, 4) is 5.75 Å². The first kappa shape index (κ1) is 16.9. The molecule has 4 aliphatic heterocycles. The molecule has 142 valence electrons. The van der Waals surface area contributed by atoms with Gasteiger partial charge in [0.2, 0.25) is 0 Å². The highest BCUT2D eigenvalue weighted by atomic mass is 16.5. The van der Waals surface area contributed by atoms with Crippen molar-refractivity contribution >= 4 is 5.91 Å². The Labute approximate surface area is 159 Å². The number of hydrogen-bond acceptors (Lipinski definition) is 4. The van der Waals surface area contributed by atoms with Crippen LogP contribution in [0, 0.1) is 12.8 Å². The van der Waals surface area contributed by atoms with E-state index in [1.165, 1.54) is 18.4 Å². The summed E-state index contributed by atoms with van der Waals surface area (Å²) in [4.78, 5) is 18.1. The Hall–Kier alpha value is -2.27. The van der Waals surface area contributed by atoms with Crippen LogP contribution < -0.4 is 4.74 Å². The highest BCUT2D eigenvalue weighted by Gasteiger charge is 2.55. The lowest BCUT2D eigenvalue weighted by atomic mass is 9.75. The number of methoxy groups -OCH3 is 1. The number of ether oxygens (including phenoxy) is 1. The largest absolute Gasteiger partial charge is 0.497 e. The van der Waals surface area contributed by atoms with Gasteiger partial charge in [-0.25, -0.2) is 0 Å². The molecule has 1 amide bonds. The van der Waals surface area contributed by atoms with Gasteiger partial charge in [-0.1, -0.05) is 12.1 Å². The third kappa shape index (κ3) is 2.59. The van der Waals surface area contributed by atoms with Crippen LogP contribution in [0.5, 0.6) is 5.75 Å². The molecule has 5 nitrogen and oxygen atoms in total. The van der Waals surface area contributed by atoms with Gasteiger partial charge < -0.3 is 14.1 Å². The van der Waals surface area contributed by atoms with Crippen LogP contribution in [0.25, 0.3) is 0 Å². The van der Waals surface area contributed by atoms with Crippen molar-refractivity contribution in [3.63, 3.8) is 0 Å². The van der Waals surface area contributed by atoms with E-state index in [2.05, 4.69) is 28.0 Å². The van der Waals surface area contributed by atoms with E-state index in [9.17, 15) is 4.79 Å². The SMILES string of the molecule is COc1cccc([C@@H]2CN(C(=O)c3occc3C)[C@@H]3C4CCN(CC4)[C@@H]32)c1. The van der Waals surface area contributed by atoms with Crippen LogP contribution >= 0.6 is 0 Å². The number of furan rings is 1. The van der Waals surface area contributed by atoms with E-state index in [-0.39, 0.29) is 11.9 Å². The zero-order chi connectivity index (χ0) is 18.5. The van der Waals surface area contributed by atoms with Gasteiger partial charge in [-0.3, -0.25) is 9.69 Å². The van der Waals surface area contributed by atoms with Gasteiger partial charge in [0, 0.05) is 24.1 Å². The van der Waals surface area contributed by atoms with Crippen molar-refractivity contribution in [3.05, 3.63) is 53.5 Å². The smallest absolute Gasteiger partial charge is 0.290 e. The van der Waals surface area contributed by atoms with Crippen molar-refractivity contribution in [2.45, 2.75) is 37.8 Å². The van der Waals surface area contributed by atoms with E-state index in [1.807, 2.05) is 19.1 Å². The number of amides is 1. The number of nitrogens with zero attached hydrogens (tertiary/aromatic N) is 2. The summed E-state index contributed by atoms with van der Waals surface area (Å²) in [6, 6.07) is 10.9. The lowest BCUT2D eigenvalue weighted by Crippen LogP contribution is -2.60. The fourth-order valence-corrected chi connectivity index (χ4v) is 5.54. The molecule has 1 aromatic carbocycles. The van der Waals surface area contributed by atoms with E-state index < -0.39 is 0 Å². The highest BCUT2D eigenvalue weighted by Crippen LogP contribution is 2.47. The van der Waals surface area contributed by atoms with Gasteiger partial charge in [0.1, 0.15) is 5.75 Å². The number of likely N-dealkylation sites (tertiary alicyclic amines) is 1. The molecule has 4 saturated heterocycles. The average Bonchev–Trinajstić information content (AvgIpc) is 3.33. The third-order valence-electron chi connectivity index (χ3n) is 6.83. The number of carbonyl (C=O) groups excluding carboxylic acids is 1. The monoisotopic (exact) mass is 366 g/mol. The lowest BCUT2D eigenvalue weighted by Gasteiger charge is -2.51. The molecule has 0 N–H and O–H groups in total. The minimum atomic E-state index is 0.0478. The summed E-state index contributed by atoms with van der Waals surface area (Å²) in [6.45, 7) is 4.98. The Balaban J connectivity index is 1.54. The summed E-state index contributed by atoms with van der Waals surface area (Å²) in [7, 11) is 1.71. The molecule has 0 unspecified atom stereocenters. The number of benzene rings is 1. The summed E-state index contributed by atoms with van der Waals surface area (Å²) >= 11 is 0. The van der Waals surface area contributed by atoms with E-state index in [0.717, 1.165) is 30.9 Å². The first-order valence-corrected chi connectivity index (χ1v) is 9.90. The molecule has 2 bridgehead atoms. The molecule has 5 heteroatoms.